The molecule has 41 heavy (non-hydrogen) atoms. The van der Waals surface area contributed by atoms with Gasteiger partial charge in [-0.15, -0.1) is 0 Å². The van der Waals surface area contributed by atoms with Crippen molar-refractivity contribution in [3.63, 3.8) is 0 Å². The van der Waals surface area contributed by atoms with Gasteiger partial charge in [0.2, 0.25) is 0 Å². The normalized spacial score (nSPS) is 13.5. The first kappa shape index (κ1) is 28.7. The molecule has 4 aromatic rings. The molecule has 5 rings (SSSR count). The van der Waals surface area contributed by atoms with Crippen molar-refractivity contribution in [2.75, 3.05) is 13.1 Å². The van der Waals surface area contributed by atoms with Crippen LogP contribution in [0.2, 0.25) is 0 Å². The second-order valence-electron chi connectivity index (χ2n) is 10.6. The number of H-pyrrole nitrogens is 1. The molecule has 0 atom stereocenters. The maximum Gasteiger partial charge on any atom is 0.439 e. The average Bonchev–Trinajstić information content (AvgIpc) is 3.45. The number of piperidine rings is 1. The van der Waals surface area contributed by atoms with Crippen molar-refractivity contribution < 1.29 is 4.52 Å². The molecule has 0 bridgehead atoms. The van der Waals surface area contributed by atoms with Crippen molar-refractivity contribution in [2.45, 2.75) is 71.8 Å². The molecule has 0 spiro atoms. The molecule has 0 radical (unpaired) electrons. The number of hydrogen-bond donors (Lipinski definition) is 1. The van der Waals surface area contributed by atoms with Gasteiger partial charge in [0, 0.05) is 37.1 Å². The molecule has 214 valence electrons. The number of aromatic amines is 1. The number of hydrogen-bond acceptors (Lipinski definition) is 6. The van der Waals surface area contributed by atoms with Gasteiger partial charge in [0.1, 0.15) is 5.82 Å². The van der Waals surface area contributed by atoms with Gasteiger partial charge in [0.15, 0.2) is 5.82 Å². The summed E-state index contributed by atoms with van der Waals surface area (Å²) >= 11 is 5.83. The van der Waals surface area contributed by atoms with Crippen LogP contribution in [0.5, 0.6) is 0 Å². The highest BCUT2D eigenvalue weighted by molar-refractivity contribution is 7.80. The van der Waals surface area contributed by atoms with Gasteiger partial charge in [-0.2, -0.15) is 0 Å². The molecule has 2 aromatic heterocycles. The SMILES string of the molecule is CCCCc1nc(CC)c(CC(=S)N2CCCCC2)c(=O)n1Cc1ccc(-c2ccccc2-c2noc(=O)[nH]2)cc1. The van der Waals surface area contributed by atoms with E-state index in [0.717, 1.165) is 89.5 Å². The predicted molar refractivity (Wildman–Crippen MR) is 165 cm³/mol. The van der Waals surface area contributed by atoms with Crippen molar-refractivity contribution in [2.24, 2.45) is 0 Å². The van der Waals surface area contributed by atoms with E-state index in [1.54, 1.807) is 0 Å². The van der Waals surface area contributed by atoms with E-state index in [2.05, 4.69) is 28.9 Å². The van der Waals surface area contributed by atoms with Crippen molar-refractivity contribution in [3.05, 3.63) is 92.1 Å². The largest absolute Gasteiger partial charge is 0.439 e. The van der Waals surface area contributed by atoms with Crippen molar-refractivity contribution >= 4 is 17.2 Å². The topological polar surface area (TPSA) is 97.0 Å². The third-order valence-electron chi connectivity index (χ3n) is 7.78. The Morgan fingerprint density at radius 2 is 1.73 bits per heavy atom. The van der Waals surface area contributed by atoms with Crippen LogP contribution in [-0.4, -0.2) is 42.7 Å². The van der Waals surface area contributed by atoms with E-state index in [-0.39, 0.29) is 5.56 Å². The Labute approximate surface area is 245 Å². The van der Waals surface area contributed by atoms with E-state index in [1.807, 2.05) is 53.1 Å². The fourth-order valence-corrected chi connectivity index (χ4v) is 5.84. The minimum atomic E-state index is -0.590. The predicted octanol–water partition coefficient (Wildman–Crippen LogP) is 5.56. The fourth-order valence-electron chi connectivity index (χ4n) is 5.51. The lowest BCUT2D eigenvalue weighted by Gasteiger charge is -2.29. The summed E-state index contributed by atoms with van der Waals surface area (Å²) in [4.78, 5) is 36.4. The van der Waals surface area contributed by atoms with Crippen LogP contribution in [0.15, 0.2) is 62.6 Å². The van der Waals surface area contributed by atoms with Crippen molar-refractivity contribution in [3.8, 4) is 22.5 Å². The van der Waals surface area contributed by atoms with Gasteiger partial charge >= 0.3 is 5.76 Å². The van der Waals surface area contributed by atoms with E-state index < -0.39 is 5.76 Å². The summed E-state index contributed by atoms with van der Waals surface area (Å²) in [6.45, 7) is 6.60. The van der Waals surface area contributed by atoms with Gasteiger partial charge in [-0.25, -0.2) is 9.78 Å². The number of nitrogens with zero attached hydrogens (tertiary/aromatic N) is 4. The summed E-state index contributed by atoms with van der Waals surface area (Å²) in [7, 11) is 0. The molecule has 1 N–H and O–H groups in total. The molecule has 0 saturated carbocycles. The number of nitrogens with one attached hydrogen (secondary N) is 1. The molecule has 1 aliphatic heterocycles. The molecule has 1 fully saturated rings. The van der Waals surface area contributed by atoms with Crippen LogP contribution in [0.25, 0.3) is 22.5 Å². The van der Waals surface area contributed by atoms with E-state index in [4.69, 9.17) is 21.7 Å². The Balaban J connectivity index is 1.46. The minimum Gasteiger partial charge on any atom is -0.366 e. The molecule has 0 unspecified atom stereocenters. The van der Waals surface area contributed by atoms with Gasteiger partial charge < -0.3 is 4.90 Å². The molecule has 9 heteroatoms. The lowest BCUT2D eigenvalue weighted by atomic mass is 9.98. The van der Waals surface area contributed by atoms with E-state index >= 15 is 0 Å². The second-order valence-corrected chi connectivity index (χ2v) is 11.1. The number of aryl methyl sites for hydroxylation is 2. The number of rotatable bonds is 10. The fraction of sp³-hybridized carbons (Fsp3) is 0.406. The highest BCUT2D eigenvalue weighted by Gasteiger charge is 2.21. The summed E-state index contributed by atoms with van der Waals surface area (Å²) in [6.07, 6.45) is 7.48. The minimum absolute atomic E-state index is 0.0201. The summed E-state index contributed by atoms with van der Waals surface area (Å²) in [6, 6.07) is 15.9. The molecule has 8 nitrogen and oxygen atoms in total. The Morgan fingerprint density at radius 3 is 2.39 bits per heavy atom. The standard InChI is InChI=1S/C32H37N5O3S/c1-3-5-13-28-33-27(4-2)26(20-29(41)36-18-9-6-10-19-36)31(38)37(28)21-22-14-16-23(17-15-22)24-11-7-8-12-25(24)30-34-32(39)40-35-30/h7-8,11-12,14-17H,3-6,9-10,13,18-21H2,1-2H3,(H,34,35,39). The molecule has 0 aliphatic carbocycles. The number of likely N-dealkylation sites (tertiary alicyclic amines) is 1. The lowest BCUT2D eigenvalue weighted by Crippen LogP contribution is -2.38. The number of unbranched alkanes of at least 4 members (excludes halogenated alkanes) is 1. The number of thiocarbonyl (C=S) groups is 1. The van der Waals surface area contributed by atoms with Crippen molar-refractivity contribution in [1.82, 2.24) is 24.6 Å². The quantitative estimate of drug-likeness (QED) is 0.249. The van der Waals surface area contributed by atoms with Crippen LogP contribution in [-0.2, 0) is 25.8 Å². The van der Waals surface area contributed by atoms with Crippen LogP contribution in [0, 0.1) is 0 Å². The highest BCUT2D eigenvalue weighted by Crippen LogP contribution is 2.30. The second kappa shape index (κ2) is 13.2. The molecular formula is C32H37N5O3S. The van der Waals surface area contributed by atoms with Gasteiger partial charge in [-0.05, 0) is 48.8 Å². The number of aromatic nitrogens is 4. The smallest absolute Gasteiger partial charge is 0.366 e. The zero-order valence-electron chi connectivity index (χ0n) is 23.8. The molecule has 1 aliphatic rings. The van der Waals surface area contributed by atoms with E-state index in [0.29, 0.717) is 25.2 Å². The van der Waals surface area contributed by atoms with Crippen LogP contribution < -0.4 is 11.3 Å². The molecule has 3 heterocycles. The molecule has 1 saturated heterocycles. The monoisotopic (exact) mass is 571 g/mol. The lowest BCUT2D eigenvalue weighted by molar-refractivity contribution is 0.343. The maximum atomic E-state index is 14.0. The third-order valence-corrected chi connectivity index (χ3v) is 8.18. The van der Waals surface area contributed by atoms with E-state index in [9.17, 15) is 9.59 Å². The van der Waals surface area contributed by atoms with Crippen LogP contribution in [0.3, 0.4) is 0 Å². The molecular weight excluding hydrogens is 534 g/mol. The van der Waals surface area contributed by atoms with Crippen molar-refractivity contribution in [1.29, 1.82) is 0 Å². The Morgan fingerprint density at radius 1 is 1.00 bits per heavy atom. The Hall–Kier alpha value is -3.85. The first-order valence-electron chi connectivity index (χ1n) is 14.6. The maximum absolute atomic E-state index is 14.0. The summed E-state index contributed by atoms with van der Waals surface area (Å²) in [5.74, 6) is 0.637. The first-order chi connectivity index (χ1) is 20.0. The Kier molecular flexibility index (Phi) is 9.24. The van der Waals surface area contributed by atoms with Gasteiger partial charge in [0.05, 0.1) is 17.2 Å². The summed E-state index contributed by atoms with van der Waals surface area (Å²) in [5.41, 5.74) is 5.30. The van der Waals surface area contributed by atoms with Crippen LogP contribution in [0.1, 0.15) is 68.6 Å². The number of benzene rings is 2. The first-order valence-corrected chi connectivity index (χ1v) is 15.0. The average molecular weight is 572 g/mol. The summed E-state index contributed by atoms with van der Waals surface area (Å²) < 4.78 is 6.57. The van der Waals surface area contributed by atoms with Gasteiger partial charge in [0.25, 0.3) is 5.56 Å². The molecule has 0 amide bonds. The van der Waals surface area contributed by atoms with Gasteiger partial charge in [-0.3, -0.25) is 18.9 Å². The Bertz CT molecular complexity index is 1610. The van der Waals surface area contributed by atoms with Crippen LogP contribution in [0.4, 0.5) is 0 Å². The zero-order chi connectivity index (χ0) is 28.8. The van der Waals surface area contributed by atoms with Gasteiger partial charge in [-0.1, -0.05) is 86.2 Å². The molecule has 2 aromatic carbocycles. The zero-order valence-corrected chi connectivity index (χ0v) is 24.6. The summed E-state index contributed by atoms with van der Waals surface area (Å²) in [5, 5.41) is 3.86. The van der Waals surface area contributed by atoms with Crippen LogP contribution >= 0.6 is 12.2 Å². The third kappa shape index (κ3) is 6.56. The highest BCUT2D eigenvalue weighted by atomic mass is 32.1. The van der Waals surface area contributed by atoms with E-state index in [1.165, 1.54) is 6.42 Å².